The van der Waals surface area contributed by atoms with E-state index in [0.29, 0.717) is 16.7 Å². The number of H-pyrrole nitrogens is 2. The minimum atomic E-state index is -0.571. The lowest BCUT2D eigenvalue weighted by Gasteiger charge is -2.04. The zero-order chi connectivity index (χ0) is 10.8. The van der Waals surface area contributed by atoms with Crippen LogP contribution in [-0.2, 0) is 0 Å². The number of nitrogens with one attached hydrogen (secondary N) is 2. The van der Waals surface area contributed by atoms with Crippen LogP contribution in [0.1, 0.15) is 0 Å². The highest BCUT2D eigenvalue weighted by atomic mass is 35.5. The molecule has 1 aromatic carbocycles. The van der Waals surface area contributed by atoms with Gasteiger partial charge >= 0.3 is 5.69 Å². The van der Waals surface area contributed by atoms with Crippen molar-refractivity contribution in [3.05, 3.63) is 39.0 Å². The Morgan fingerprint density at radius 3 is 2.80 bits per heavy atom. The van der Waals surface area contributed by atoms with Gasteiger partial charge in [-0.15, -0.1) is 0 Å². The summed E-state index contributed by atoms with van der Waals surface area (Å²) in [7, 11) is 0. The third-order valence-electron chi connectivity index (χ3n) is 1.95. The first kappa shape index (κ1) is 9.79. The van der Waals surface area contributed by atoms with Gasteiger partial charge in [0.25, 0.3) is 5.56 Å². The zero-order valence-electron chi connectivity index (χ0n) is 7.54. The molecule has 2 rings (SSSR count). The van der Waals surface area contributed by atoms with Crippen LogP contribution in [0.5, 0.6) is 5.75 Å². The monoisotopic (exact) mass is 226 g/mol. The summed E-state index contributed by atoms with van der Waals surface area (Å²) in [6, 6.07) is 4.82. The number of rotatable bonds is 2. The highest BCUT2D eigenvalue weighted by Gasteiger charge is 2.05. The second-order valence-corrected chi connectivity index (χ2v) is 3.06. The van der Waals surface area contributed by atoms with E-state index < -0.39 is 11.2 Å². The molecule has 78 valence electrons. The molecule has 6 heteroatoms. The molecule has 0 atom stereocenters. The predicted molar refractivity (Wildman–Crippen MR) is 56.5 cm³/mol. The van der Waals surface area contributed by atoms with E-state index in [1.54, 1.807) is 18.2 Å². The maximum absolute atomic E-state index is 11.4. The highest BCUT2D eigenvalue weighted by Crippen LogP contribution is 2.19. The highest BCUT2D eigenvalue weighted by molar-refractivity contribution is 6.17. The van der Waals surface area contributed by atoms with E-state index in [2.05, 4.69) is 9.97 Å². The molecule has 0 saturated heterocycles. The molecule has 1 aromatic heterocycles. The van der Waals surface area contributed by atoms with E-state index in [4.69, 9.17) is 16.3 Å². The Balaban J connectivity index is 2.85. The smallest absolute Gasteiger partial charge is 0.326 e. The van der Waals surface area contributed by atoms with Crippen molar-refractivity contribution in [2.75, 3.05) is 6.07 Å². The lowest BCUT2D eigenvalue weighted by molar-refractivity contribution is 0.391. The van der Waals surface area contributed by atoms with Gasteiger partial charge in [-0.1, -0.05) is 17.7 Å². The van der Waals surface area contributed by atoms with Gasteiger partial charge in [-0.2, -0.15) is 0 Å². The Morgan fingerprint density at radius 1 is 1.27 bits per heavy atom. The van der Waals surface area contributed by atoms with Crippen molar-refractivity contribution in [2.24, 2.45) is 0 Å². The van der Waals surface area contributed by atoms with Crippen molar-refractivity contribution in [3.8, 4) is 5.75 Å². The normalized spacial score (nSPS) is 10.5. The maximum atomic E-state index is 11.4. The standard InChI is InChI=1S/C9H7ClN2O3/c10-4-15-6-3-1-2-5-7(6)11-9(14)12-8(5)13/h1-3H,4H2,(H2,11,12,13,14). The molecule has 0 amide bonds. The molecule has 2 aromatic rings. The molecule has 5 nitrogen and oxygen atoms in total. The van der Waals surface area contributed by atoms with Crippen LogP contribution in [0.3, 0.4) is 0 Å². The summed E-state index contributed by atoms with van der Waals surface area (Å²) >= 11 is 5.42. The number of benzene rings is 1. The summed E-state index contributed by atoms with van der Waals surface area (Å²) in [6.45, 7) is 0. The number of fused-ring (bicyclic) bond motifs is 1. The molecule has 2 N–H and O–H groups in total. The van der Waals surface area contributed by atoms with E-state index in [-0.39, 0.29) is 6.07 Å². The lowest BCUT2D eigenvalue weighted by Crippen LogP contribution is -2.22. The lowest BCUT2D eigenvalue weighted by atomic mass is 10.2. The summed E-state index contributed by atoms with van der Waals surface area (Å²) in [5.74, 6) is 0.380. The number of halogens is 1. The number of aromatic nitrogens is 2. The Hall–Kier alpha value is -1.75. The molecular weight excluding hydrogens is 220 g/mol. The molecule has 0 unspecified atom stereocenters. The van der Waals surface area contributed by atoms with E-state index >= 15 is 0 Å². The largest absolute Gasteiger partial charge is 0.476 e. The van der Waals surface area contributed by atoms with Crippen molar-refractivity contribution < 1.29 is 4.74 Å². The topological polar surface area (TPSA) is 74.9 Å². The second-order valence-electron chi connectivity index (χ2n) is 2.84. The first-order valence-electron chi connectivity index (χ1n) is 4.16. The molecule has 0 aliphatic heterocycles. The molecule has 0 aliphatic carbocycles. The molecule has 15 heavy (non-hydrogen) atoms. The third-order valence-corrected chi connectivity index (χ3v) is 2.06. The predicted octanol–water partition coefficient (Wildman–Crippen LogP) is 0.792. The SMILES string of the molecule is O=c1[nH]c(=O)c2cccc(OCCl)c2[nH]1. The first-order valence-corrected chi connectivity index (χ1v) is 4.70. The van der Waals surface area contributed by atoms with Gasteiger partial charge in [-0.25, -0.2) is 4.79 Å². The molecule has 0 spiro atoms. The molecule has 0 radical (unpaired) electrons. The number of hydrogen-bond donors (Lipinski definition) is 2. The van der Waals surface area contributed by atoms with Gasteiger partial charge in [0.05, 0.1) is 10.9 Å². The molecule has 0 bridgehead atoms. The van der Waals surface area contributed by atoms with Crippen molar-refractivity contribution in [3.63, 3.8) is 0 Å². The van der Waals surface area contributed by atoms with Crippen molar-refractivity contribution in [2.45, 2.75) is 0 Å². The van der Waals surface area contributed by atoms with E-state index in [1.807, 2.05) is 0 Å². The summed E-state index contributed by atoms with van der Waals surface area (Å²) < 4.78 is 5.07. The molecule has 1 heterocycles. The van der Waals surface area contributed by atoms with Gasteiger partial charge in [-0.3, -0.25) is 9.78 Å². The Labute approximate surface area is 88.7 Å². The van der Waals surface area contributed by atoms with E-state index in [1.165, 1.54) is 0 Å². The van der Waals surface area contributed by atoms with Crippen molar-refractivity contribution >= 4 is 22.5 Å². The number of alkyl halides is 1. The number of hydrogen-bond acceptors (Lipinski definition) is 3. The first-order chi connectivity index (χ1) is 7.22. The average molecular weight is 227 g/mol. The quantitative estimate of drug-likeness (QED) is 0.744. The van der Waals surface area contributed by atoms with Gasteiger partial charge in [0, 0.05) is 0 Å². The summed E-state index contributed by atoms with van der Waals surface area (Å²) in [4.78, 5) is 27.1. The summed E-state index contributed by atoms with van der Waals surface area (Å²) in [5.41, 5.74) is -0.668. The number of para-hydroxylation sites is 1. The number of ether oxygens (including phenoxy) is 1. The fraction of sp³-hybridized carbons (Fsp3) is 0.111. The average Bonchev–Trinajstić information content (AvgIpc) is 2.19. The van der Waals surface area contributed by atoms with Crippen LogP contribution in [0.2, 0.25) is 0 Å². The van der Waals surface area contributed by atoms with Gasteiger partial charge in [-0.05, 0) is 12.1 Å². The van der Waals surface area contributed by atoms with Gasteiger partial charge in [0.2, 0.25) is 0 Å². The molecule has 0 fully saturated rings. The van der Waals surface area contributed by atoms with E-state index in [0.717, 1.165) is 0 Å². The Morgan fingerprint density at radius 2 is 2.07 bits per heavy atom. The molecular formula is C9H7ClN2O3. The Bertz CT molecular complexity index is 602. The van der Waals surface area contributed by atoms with Crippen LogP contribution >= 0.6 is 11.6 Å². The van der Waals surface area contributed by atoms with Crippen molar-refractivity contribution in [1.29, 1.82) is 0 Å². The van der Waals surface area contributed by atoms with Crippen LogP contribution in [-0.4, -0.2) is 16.0 Å². The minimum absolute atomic E-state index is 0.0477. The van der Waals surface area contributed by atoms with Crippen LogP contribution in [0, 0.1) is 0 Å². The van der Waals surface area contributed by atoms with Gasteiger partial charge in [0.1, 0.15) is 5.75 Å². The van der Waals surface area contributed by atoms with Gasteiger partial charge in [0.15, 0.2) is 6.07 Å². The zero-order valence-corrected chi connectivity index (χ0v) is 8.30. The van der Waals surface area contributed by atoms with E-state index in [9.17, 15) is 9.59 Å². The Kier molecular flexibility index (Phi) is 2.47. The summed E-state index contributed by atoms with van der Waals surface area (Å²) in [6.07, 6.45) is 0. The fourth-order valence-electron chi connectivity index (χ4n) is 1.34. The minimum Gasteiger partial charge on any atom is -0.476 e. The van der Waals surface area contributed by atoms with Gasteiger partial charge < -0.3 is 9.72 Å². The van der Waals surface area contributed by atoms with Crippen LogP contribution in [0.25, 0.3) is 10.9 Å². The third kappa shape index (κ3) is 1.73. The molecule has 0 saturated carbocycles. The van der Waals surface area contributed by atoms with Crippen molar-refractivity contribution in [1.82, 2.24) is 9.97 Å². The number of aromatic amines is 2. The van der Waals surface area contributed by atoms with Crippen LogP contribution < -0.4 is 16.0 Å². The fourth-order valence-corrected chi connectivity index (χ4v) is 1.46. The molecule has 0 aliphatic rings. The maximum Gasteiger partial charge on any atom is 0.326 e. The summed E-state index contributed by atoms with van der Waals surface area (Å²) in [5, 5.41) is 0.359. The second kappa shape index (κ2) is 3.78. The van der Waals surface area contributed by atoms with Crippen LogP contribution in [0.4, 0.5) is 0 Å². The van der Waals surface area contributed by atoms with Crippen LogP contribution in [0.15, 0.2) is 27.8 Å².